The SMILES string of the molecule is SCCSC1=CCCS1. The molecular formula is C6H10S3. The molecule has 0 nitrogen and oxygen atoms in total. The highest BCUT2D eigenvalue weighted by atomic mass is 32.2. The van der Waals surface area contributed by atoms with E-state index in [9.17, 15) is 0 Å². The summed E-state index contributed by atoms with van der Waals surface area (Å²) in [5.74, 6) is 3.43. The molecule has 1 rings (SSSR count). The Labute approximate surface area is 70.3 Å². The van der Waals surface area contributed by atoms with Crippen molar-refractivity contribution in [2.75, 3.05) is 17.3 Å². The molecule has 0 aromatic heterocycles. The first-order valence-corrected chi connectivity index (χ1v) is 5.60. The second kappa shape index (κ2) is 4.58. The number of allylic oxidation sites excluding steroid dienone is 1. The molecule has 3 heteroatoms. The summed E-state index contributed by atoms with van der Waals surface area (Å²) < 4.78 is 1.50. The van der Waals surface area contributed by atoms with Gasteiger partial charge in [0.2, 0.25) is 0 Å². The van der Waals surface area contributed by atoms with E-state index in [0.717, 1.165) is 11.5 Å². The topological polar surface area (TPSA) is 0 Å². The van der Waals surface area contributed by atoms with Crippen LogP contribution in [0.5, 0.6) is 0 Å². The van der Waals surface area contributed by atoms with Crippen LogP contribution in [-0.2, 0) is 0 Å². The third kappa shape index (κ3) is 2.92. The summed E-state index contributed by atoms with van der Waals surface area (Å²) >= 11 is 8.04. The molecule has 0 bridgehead atoms. The fourth-order valence-corrected chi connectivity index (χ4v) is 2.95. The van der Waals surface area contributed by atoms with Crippen molar-refractivity contribution in [3.05, 3.63) is 10.3 Å². The first-order chi connectivity index (χ1) is 4.43. The van der Waals surface area contributed by atoms with Crippen LogP contribution in [0.4, 0.5) is 0 Å². The standard InChI is InChI=1S/C6H10S3/c7-3-5-9-6-2-1-4-8-6/h2,7H,1,3-5H2. The maximum Gasteiger partial charge on any atom is 0.0361 e. The average molecular weight is 178 g/mol. The van der Waals surface area contributed by atoms with Gasteiger partial charge in [0.15, 0.2) is 0 Å². The van der Waals surface area contributed by atoms with Gasteiger partial charge in [0.1, 0.15) is 0 Å². The van der Waals surface area contributed by atoms with Gasteiger partial charge in [0, 0.05) is 15.7 Å². The summed E-state index contributed by atoms with van der Waals surface area (Å²) in [4.78, 5) is 0. The number of thioether (sulfide) groups is 2. The second-order valence-corrected chi connectivity index (χ2v) is 4.71. The molecule has 52 valence electrons. The van der Waals surface area contributed by atoms with E-state index < -0.39 is 0 Å². The zero-order valence-electron chi connectivity index (χ0n) is 5.17. The van der Waals surface area contributed by atoms with Crippen LogP contribution in [0.25, 0.3) is 0 Å². The molecule has 1 aliphatic heterocycles. The molecule has 0 amide bonds. The Morgan fingerprint density at radius 2 is 2.67 bits per heavy atom. The number of thiol groups is 1. The van der Waals surface area contributed by atoms with Gasteiger partial charge in [-0.25, -0.2) is 0 Å². The van der Waals surface area contributed by atoms with Crippen molar-refractivity contribution in [2.45, 2.75) is 6.42 Å². The molecule has 0 fully saturated rings. The minimum atomic E-state index is 0.989. The molecule has 0 unspecified atom stereocenters. The van der Waals surface area contributed by atoms with Crippen molar-refractivity contribution >= 4 is 36.2 Å². The predicted molar refractivity (Wildman–Crippen MR) is 51.5 cm³/mol. The summed E-state index contributed by atoms with van der Waals surface area (Å²) in [5, 5.41) is 0. The summed E-state index contributed by atoms with van der Waals surface area (Å²) in [6, 6.07) is 0. The van der Waals surface area contributed by atoms with Gasteiger partial charge in [-0.3, -0.25) is 0 Å². The summed E-state index contributed by atoms with van der Waals surface area (Å²) in [5.41, 5.74) is 0. The van der Waals surface area contributed by atoms with Gasteiger partial charge in [-0.2, -0.15) is 12.6 Å². The Bertz CT molecular complexity index is 109. The van der Waals surface area contributed by atoms with Gasteiger partial charge in [-0.05, 0) is 12.2 Å². The molecular weight excluding hydrogens is 168 g/mol. The van der Waals surface area contributed by atoms with Crippen LogP contribution >= 0.6 is 36.2 Å². The van der Waals surface area contributed by atoms with Crippen molar-refractivity contribution in [1.82, 2.24) is 0 Å². The number of hydrogen-bond donors (Lipinski definition) is 1. The molecule has 9 heavy (non-hydrogen) atoms. The largest absolute Gasteiger partial charge is 0.178 e. The van der Waals surface area contributed by atoms with Gasteiger partial charge >= 0.3 is 0 Å². The van der Waals surface area contributed by atoms with Gasteiger partial charge in [0.25, 0.3) is 0 Å². The average Bonchev–Trinajstić information content (AvgIpc) is 2.34. The van der Waals surface area contributed by atoms with Crippen molar-refractivity contribution < 1.29 is 0 Å². The maximum atomic E-state index is 4.14. The van der Waals surface area contributed by atoms with E-state index in [1.54, 1.807) is 0 Å². The van der Waals surface area contributed by atoms with Crippen LogP contribution in [0.2, 0.25) is 0 Å². The lowest BCUT2D eigenvalue weighted by Gasteiger charge is -1.95. The fourth-order valence-electron chi connectivity index (χ4n) is 0.642. The van der Waals surface area contributed by atoms with E-state index in [2.05, 4.69) is 18.7 Å². The highest BCUT2D eigenvalue weighted by Crippen LogP contribution is 2.34. The van der Waals surface area contributed by atoms with Gasteiger partial charge in [-0.1, -0.05) is 6.08 Å². The van der Waals surface area contributed by atoms with Gasteiger partial charge in [-0.15, -0.1) is 23.5 Å². The van der Waals surface area contributed by atoms with E-state index in [1.165, 1.54) is 16.4 Å². The first-order valence-electron chi connectivity index (χ1n) is 3.00. The maximum absolute atomic E-state index is 4.14. The highest BCUT2D eigenvalue weighted by molar-refractivity contribution is 8.22. The van der Waals surface area contributed by atoms with E-state index in [-0.39, 0.29) is 0 Å². The predicted octanol–water partition coefficient (Wildman–Crippen LogP) is 2.63. The lowest BCUT2D eigenvalue weighted by atomic mass is 10.5. The van der Waals surface area contributed by atoms with Crippen molar-refractivity contribution in [1.29, 1.82) is 0 Å². The molecule has 0 aliphatic carbocycles. The summed E-state index contributed by atoms with van der Waals surface area (Å²) in [6.07, 6.45) is 3.58. The number of rotatable bonds is 3. The molecule has 0 aromatic rings. The second-order valence-electron chi connectivity index (χ2n) is 1.73. The Kier molecular flexibility index (Phi) is 4.02. The van der Waals surface area contributed by atoms with Crippen molar-refractivity contribution in [3.8, 4) is 0 Å². The van der Waals surface area contributed by atoms with Crippen molar-refractivity contribution in [2.24, 2.45) is 0 Å². The lowest BCUT2D eigenvalue weighted by molar-refractivity contribution is 1.28. The van der Waals surface area contributed by atoms with Crippen LogP contribution in [0.3, 0.4) is 0 Å². The van der Waals surface area contributed by atoms with Crippen LogP contribution < -0.4 is 0 Å². The Morgan fingerprint density at radius 1 is 1.78 bits per heavy atom. The molecule has 0 saturated heterocycles. The Morgan fingerprint density at radius 3 is 3.22 bits per heavy atom. The first kappa shape index (κ1) is 7.89. The molecule has 0 aromatic carbocycles. The van der Waals surface area contributed by atoms with Gasteiger partial charge < -0.3 is 0 Å². The zero-order chi connectivity index (χ0) is 6.53. The zero-order valence-corrected chi connectivity index (χ0v) is 7.70. The monoisotopic (exact) mass is 178 g/mol. The quantitative estimate of drug-likeness (QED) is 0.660. The van der Waals surface area contributed by atoms with Crippen LogP contribution in [0.15, 0.2) is 10.3 Å². The van der Waals surface area contributed by atoms with Crippen molar-refractivity contribution in [3.63, 3.8) is 0 Å². The molecule has 0 saturated carbocycles. The molecule has 1 heterocycles. The smallest absolute Gasteiger partial charge is 0.0361 e. The molecule has 0 radical (unpaired) electrons. The summed E-state index contributed by atoms with van der Waals surface area (Å²) in [6.45, 7) is 0. The van der Waals surface area contributed by atoms with Crippen LogP contribution in [-0.4, -0.2) is 17.3 Å². The van der Waals surface area contributed by atoms with E-state index in [4.69, 9.17) is 0 Å². The summed E-state index contributed by atoms with van der Waals surface area (Å²) in [7, 11) is 0. The number of hydrogen-bond acceptors (Lipinski definition) is 3. The highest BCUT2D eigenvalue weighted by Gasteiger charge is 2.03. The lowest BCUT2D eigenvalue weighted by Crippen LogP contribution is -1.76. The van der Waals surface area contributed by atoms with Crippen LogP contribution in [0, 0.1) is 0 Å². The Hall–Kier alpha value is 0.790. The van der Waals surface area contributed by atoms with Crippen LogP contribution in [0.1, 0.15) is 6.42 Å². The molecule has 0 atom stereocenters. The molecule has 0 spiro atoms. The van der Waals surface area contributed by atoms with E-state index in [1.807, 2.05) is 23.5 Å². The minimum Gasteiger partial charge on any atom is -0.178 e. The fraction of sp³-hybridized carbons (Fsp3) is 0.667. The van der Waals surface area contributed by atoms with Gasteiger partial charge in [0.05, 0.1) is 0 Å². The Balaban J connectivity index is 2.11. The molecule has 0 N–H and O–H groups in total. The minimum absolute atomic E-state index is 0.989. The normalized spacial score (nSPS) is 18.1. The molecule has 1 aliphatic rings. The van der Waals surface area contributed by atoms with E-state index >= 15 is 0 Å². The third-order valence-corrected chi connectivity index (χ3v) is 3.99. The van der Waals surface area contributed by atoms with E-state index in [0.29, 0.717) is 0 Å². The third-order valence-electron chi connectivity index (χ3n) is 1.01.